The number of para-hydroxylation sites is 3. The third-order valence-corrected chi connectivity index (χ3v) is 11.6. The van der Waals surface area contributed by atoms with Gasteiger partial charge in [-0.25, -0.2) is 4.99 Å². The van der Waals surface area contributed by atoms with Crippen LogP contribution < -0.4 is 5.32 Å². The van der Waals surface area contributed by atoms with E-state index in [2.05, 4.69) is 160 Å². The van der Waals surface area contributed by atoms with Crippen LogP contribution in [0.3, 0.4) is 0 Å². The zero-order valence-corrected chi connectivity index (χ0v) is 32.2. The molecule has 4 heterocycles. The number of hydrogen-bond donors (Lipinski definition) is 1. The highest BCUT2D eigenvalue weighted by Gasteiger charge is 2.30. The first-order valence-electron chi connectivity index (χ1n) is 18.0. The lowest BCUT2D eigenvalue weighted by Crippen LogP contribution is -2.34. The van der Waals surface area contributed by atoms with E-state index in [1.54, 1.807) is 0 Å². The summed E-state index contributed by atoms with van der Waals surface area (Å²) in [5.74, 6) is 0. The molecule has 1 unspecified atom stereocenters. The van der Waals surface area contributed by atoms with E-state index < -0.39 is 0 Å². The Kier molecular flexibility index (Phi) is 8.24. The standard InChI is InChI=1S/C44H30N4S.C2H6.HI/c1-2-13-27(14-3-1)47-37-23-10-6-18-33(37)40-38(47)26-25-30-28-15-5-9-22-36(28)48(42(30)40)44-45-35-21-8-4-17-32(35)41(46-44)34-20-12-19-31-29-16-7-11-24-39(29)49-43(31)34;1-2;/h1-3,5-7,9-26,44-45H,4,8H2;1-2H3;1H. The predicted octanol–water partition coefficient (Wildman–Crippen LogP) is 13.1. The summed E-state index contributed by atoms with van der Waals surface area (Å²) in [5.41, 5.74) is 10.6. The van der Waals surface area contributed by atoms with Crippen LogP contribution in [0.4, 0.5) is 0 Å². The van der Waals surface area contributed by atoms with E-state index in [-0.39, 0.29) is 30.3 Å². The van der Waals surface area contributed by atoms with Crippen molar-refractivity contribution >= 4 is 105 Å². The minimum atomic E-state index is -0.340. The van der Waals surface area contributed by atoms with Crippen LogP contribution in [0.5, 0.6) is 0 Å². The summed E-state index contributed by atoms with van der Waals surface area (Å²) in [6, 6.07) is 48.4. The maximum Gasteiger partial charge on any atom is 0.201 e. The highest BCUT2D eigenvalue weighted by Crippen LogP contribution is 2.44. The quantitative estimate of drug-likeness (QED) is 0.177. The van der Waals surface area contributed by atoms with E-state index in [1.807, 2.05) is 25.2 Å². The van der Waals surface area contributed by atoms with Crippen molar-refractivity contribution in [3.05, 3.63) is 162 Å². The molecule has 0 radical (unpaired) electrons. The lowest BCUT2D eigenvalue weighted by atomic mass is 9.92. The van der Waals surface area contributed by atoms with Crippen molar-refractivity contribution in [2.75, 3.05) is 0 Å². The maximum absolute atomic E-state index is 5.71. The van der Waals surface area contributed by atoms with Crippen molar-refractivity contribution in [1.29, 1.82) is 0 Å². The molecule has 0 bridgehead atoms. The van der Waals surface area contributed by atoms with Crippen LogP contribution in [0.15, 0.2) is 162 Å². The summed E-state index contributed by atoms with van der Waals surface area (Å²) in [6.07, 6.45) is 6.43. The Labute approximate surface area is 323 Å². The Bertz CT molecular complexity index is 2920. The minimum Gasteiger partial charge on any atom is -0.346 e. The van der Waals surface area contributed by atoms with Crippen LogP contribution in [-0.4, -0.2) is 14.8 Å². The average molecular weight is 805 g/mol. The molecule has 254 valence electrons. The van der Waals surface area contributed by atoms with Gasteiger partial charge in [0.2, 0.25) is 6.29 Å². The lowest BCUT2D eigenvalue weighted by molar-refractivity contribution is 0.480. The van der Waals surface area contributed by atoms with Gasteiger partial charge in [0, 0.05) is 64.2 Å². The molecule has 1 aliphatic carbocycles. The number of aliphatic imine (C=N–C) groups is 1. The number of nitrogens with zero attached hydrogens (tertiary/aromatic N) is 3. The molecule has 3 aromatic heterocycles. The zero-order chi connectivity index (χ0) is 34.1. The lowest BCUT2D eigenvalue weighted by Gasteiger charge is -2.31. The number of nitrogens with one attached hydrogen (secondary N) is 1. The molecule has 1 aliphatic heterocycles. The smallest absolute Gasteiger partial charge is 0.201 e. The van der Waals surface area contributed by atoms with Gasteiger partial charge in [-0.15, -0.1) is 35.3 Å². The zero-order valence-electron chi connectivity index (χ0n) is 29.0. The van der Waals surface area contributed by atoms with Crippen LogP contribution in [-0.2, 0) is 0 Å². The van der Waals surface area contributed by atoms with Crippen molar-refractivity contribution in [3.63, 3.8) is 0 Å². The van der Waals surface area contributed by atoms with Gasteiger partial charge < -0.3 is 14.5 Å². The van der Waals surface area contributed by atoms with Gasteiger partial charge in [0.25, 0.3) is 0 Å². The molecule has 9 aromatic rings. The number of hydrogen-bond acceptors (Lipinski definition) is 3. The van der Waals surface area contributed by atoms with Gasteiger partial charge in [0.05, 0.1) is 27.8 Å². The number of thiophene rings is 1. The Morgan fingerprint density at radius 1 is 0.615 bits per heavy atom. The fraction of sp³-hybridized carbons (Fsp3) is 0.109. The number of rotatable bonds is 3. The van der Waals surface area contributed by atoms with Gasteiger partial charge in [-0.05, 0) is 49.2 Å². The molecule has 0 saturated carbocycles. The summed E-state index contributed by atoms with van der Waals surface area (Å²) < 4.78 is 7.47. The molecule has 0 fully saturated rings. The summed E-state index contributed by atoms with van der Waals surface area (Å²) in [6.45, 7) is 4.00. The van der Waals surface area contributed by atoms with Crippen molar-refractivity contribution in [3.8, 4) is 5.69 Å². The normalized spacial score (nSPS) is 15.5. The van der Waals surface area contributed by atoms with Crippen molar-refractivity contribution in [1.82, 2.24) is 14.5 Å². The Morgan fingerprint density at radius 3 is 2.15 bits per heavy atom. The number of fused-ring (bicyclic) bond motifs is 11. The number of allylic oxidation sites excluding steroid dienone is 3. The van der Waals surface area contributed by atoms with Crippen molar-refractivity contribution in [2.45, 2.75) is 33.0 Å². The monoisotopic (exact) mass is 804 g/mol. The molecule has 52 heavy (non-hydrogen) atoms. The maximum atomic E-state index is 5.71. The molecular formula is C46H37IN4S. The molecule has 0 amide bonds. The molecule has 0 saturated heterocycles. The molecule has 2 aliphatic rings. The van der Waals surface area contributed by atoms with Crippen molar-refractivity contribution in [2.24, 2.45) is 4.99 Å². The molecule has 6 aromatic carbocycles. The molecule has 11 rings (SSSR count). The topological polar surface area (TPSA) is 34.2 Å². The molecule has 6 heteroatoms. The summed E-state index contributed by atoms with van der Waals surface area (Å²) in [7, 11) is 0. The second kappa shape index (κ2) is 13.1. The molecule has 1 atom stereocenters. The van der Waals surface area contributed by atoms with Gasteiger partial charge in [0.15, 0.2) is 0 Å². The van der Waals surface area contributed by atoms with Crippen LogP contribution >= 0.6 is 35.3 Å². The second-order valence-electron chi connectivity index (χ2n) is 13.0. The Balaban J connectivity index is 0.00000118. The van der Waals surface area contributed by atoms with E-state index >= 15 is 0 Å². The highest BCUT2D eigenvalue weighted by molar-refractivity contribution is 14.0. The van der Waals surface area contributed by atoms with Gasteiger partial charge in [-0.2, -0.15) is 0 Å². The van der Waals surface area contributed by atoms with E-state index in [0.717, 1.165) is 24.2 Å². The largest absolute Gasteiger partial charge is 0.346 e. The van der Waals surface area contributed by atoms with Crippen LogP contribution in [0, 0.1) is 0 Å². The third-order valence-electron chi connectivity index (χ3n) is 10.4. The number of halogens is 1. The van der Waals surface area contributed by atoms with E-state index in [0.29, 0.717) is 0 Å². The highest BCUT2D eigenvalue weighted by atomic mass is 127. The first-order chi connectivity index (χ1) is 25.3. The Morgan fingerprint density at radius 2 is 1.31 bits per heavy atom. The van der Waals surface area contributed by atoms with Gasteiger partial charge >= 0.3 is 0 Å². The number of aromatic nitrogens is 2. The summed E-state index contributed by atoms with van der Waals surface area (Å²) in [5, 5.41) is 11.5. The third kappa shape index (κ3) is 4.81. The minimum absolute atomic E-state index is 0. The fourth-order valence-corrected chi connectivity index (χ4v) is 9.54. The molecule has 4 nitrogen and oxygen atoms in total. The molecule has 0 spiro atoms. The SMILES string of the molecule is C1=C2NC(n3c4ccccc4c4ccc5c(c6ccccc6n5-c5ccccc5)c43)N=C(c3cccc4c3sc3ccccc34)C2=CCC1.CC.I. The number of benzene rings is 6. The molecular weight excluding hydrogens is 768 g/mol. The van der Waals surface area contributed by atoms with Crippen molar-refractivity contribution < 1.29 is 0 Å². The predicted molar refractivity (Wildman–Crippen MR) is 234 cm³/mol. The van der Waals surface area contributed by atoms with Gasteiger partial charge in [0.1, 0.15) is 0 Å². The van der Waals surface area contributed by atoms with Crippen LogP contribution in [0.2, 0.25) is 0 Å². The summed E-state index contributed by atoms with van der Waals surface area (Å²) in [4.78, 5) is 5.71. The van der Waals surface area contributed by atoms with E-state index in [4.69, 9.17) is 4.99 Å². The summed E-state index contributed by atoms with van der Waals surface area (Å²) >= 11 is 1.87. The molecule has 1 N–H and O–H groups in total. The van der Waals surface area contributed by atoms with Gasteiger partial charge in [-0.1, -0.05) is 123 Å². The van der Waals surface area contributed by atoms with Crippen LogP contribution in [0.25, 0.3) is 69.5 Å². The van der Waals surface area contributed by atoms with Crippen LogP contribution in [0.1, 0.15) is 38.5 Å². The first kappa shape index (κ1) is 32.7. The van der Waals surface area contributed by atoms with E-state index in [9.17, 15) is 0 Å². The second-order valence-corrected chi connectivity index (χ2v) is 14.1. The first-order valence-corrected chi connectivity index (χ1v) is 18.8. The van der Waals surface area contributed by atoms with E-state index in [1.165, 1.54) is 80.6 Å². The Hall–Kier alpha value is -5.18. The average Bonchev–Trinajstić information content (AvgIpc) is 3.86. The van der Waals surface area contributed by atoms with Gasteiger partial charge in [-0.3, -0.25) is 0 Å². The fourth-order valence-electron chi connectivity index (χ4n) is 8.32.